The zero-order chi connectivity index (χ0) is 21.6. The van der Waals surface area contributed by atoms with Gasteiger partial charge in [0.2, 0.25) is 5.91 Å². The number of halogens is 1. The molecule has 152 valence electrons. The molecule has 6 heteroatoms. The van der Waals surface area contributed by atoms with Crippen molar-refractivity contribution < 1.29 is 4.79 Å². The standard InChI is InChI=1S/C25H18BrN3O2/c26-20-11-12-23-22(16-20)25(31)29(17-27-23)14-13-24(30)28-21-8-4-7-19(15-21)10-9-18-5-2-1-3-6-18/h1-8,11-12,15-17H,13-14H2,(H,28,30). The van der Waals surface area contributed by atoms with Crippen molar-refractivity contribution in [2.45, 2.75) is 13.0 Å². The molecule has 4 rings (SSSR count). The van der Waals surface area contributed by atoms with Crippen LogP contribution in [0.25, 0.3) is 10.9 Å². The minimum absolute atomic E-state index is 0.154. The Bertz CT molecular complexity index is 1370. The van der Waals surface area contributed by atoms with Crippen LogP contribution in [0.3, 0.4) is 0 Å². The Labute approximate surface area is 187 Å². The maximum atomic E-state index is 12.6. The fourth-order valence-electron chi connectivity index (χ4n) is 3.08. The van der Waals surface area contributed by atoms with E-state index in [9.17, 15) is 9.59 Å². The molecule has 1 heterocycles. The molecule has 0 aliphatic carbocycles. The molecule has 1 amide bonds. The zero-order valence-corrected chi connectivity index (χ0v) is 18.1. The number of aryl methyl sites for hydroxylation is 1. The van der Waals surface area contributed by atoms with E-state index in [1.165, 1.54) is 10.9 Å². The summed E-state index contributed by atoms with van der Waals surface area (Å²) in [5.41, 5.74) is 2.86. The molecule has 0 spiro atoms. The first kappa shape index (κ1) is 20.6. The molecule has 0 saturated carbocycles. The Kier molecular flexibility index (Phi) is 6.25. The van der Waals surface area contributed by atoms with Crippen LogP contribution in [0.1, 0.15) is 17.5 Å². The summed E-state index contributed by atoms with van der Waals surface area (Å²) >= 11 is 3.37. The second kappa shape index (κ2) is 9.41. The molecule has 0 aliphatic rings. The van der Waals surface area contributed by atoms with Crippen molar-refractivity contribution in [3.63, 3.8) is 0 Å². The number of carbonyl (C=O) groups is 1. The van der Waals surface area contributed by atoms with Crippen LogP contribution in [0.5, 0.6) is 0 Å². The van der Waals surface area contributed by atoms with Gasteiger partial charge in [0, 0.05) is 34.3 Å². The highest BCUT2D eigenvalue weighted by Crippen LogP contribution is 2.15. The van der Waals surface area contributed by atoms with E-state index >= 15 is 0 Å². The van der Waals surface area contributed by atoms with Crippen molar-refractivity contribution in [3.05, 3.63) is 105 Å². The van der Waals surface area contributed by atoms with E-state index in [4.69, 9.17) is 0 Å². The molecule has 0 bridgehead atoms. The van der Waals surface area contributed by atoms with Gasteiger partial charge in [-0.3, -0.25) is 14.2 Å². The summed E-state index contributed by atoms with van der Waals surface area (Å²) in [4.78, 5) is 29.4. The number of hydrogen-bond donors (Lipinski definition) is 1. The monoisotopic (exact) mass is 471 g/mol. The van der Waals surface area contributed by atoms with Crippen molar-refractivity contribution in [2.75, 3.05) is 5.32 Å². The molecule has 0 saturated heterocycles. The number of carbonyl (C=O) groups excluding carboxylic acids is 1. The lowest BCUT2D eigenvalue weighted by atomic mass is 10.1. The van der Waals surface area contributed by atoms with E-state index < -0.39 is 0 Å². The van der Waals surface area contributed by atoms with Crippen LogP contribution in [0.4, 0.5) is 5.69 Å². The van der Waals surface area contributed by atoms with Crippen molar-refractivity contribution in [1.82, 2.24) is 9.55 Å². The van der Waals surface area contributed by atoms with Gasteiger partial charge in [0.05, 0.1) is 17.2 Å². The van der Waals surface area contributed by atoms with Crippen LogP contribution in [-0.2, 0) is 11.3 Å². The first-order valence-electron chi connectivity index (χ1n) is 9.70. The Morgan fingerprint density at radius 2 is 1.74 bits per heavy atom. The lowest BCUT2D eigenvalue weighted by Crippen LogP contribution is -2.23. The number of amides is 1. The molecule has 1 aromatic heterocycles. The SMILES string of the molecule is O=C(CCn1cnc2ccc(Br)cc2c1=O)Nc1cccc(C#Cc2ccccc2)c1. The number of anilines is 1. The van der Waals surface area contributed by atoms with Gasteiger partial charge in [0.15, 0.2) is 0 Å². The van der Waals surface area contributed by atoms with Gasteiger partial charge < -0.3 is 5.32 Å². The Morgan fingerprint density at radius 1 is 0.968 bits per heavy atom. The Hall–Kier alpha value is -3.69. The number of benzene rings is 3. The first-order valence-corrected chi connectivity index (χ1v) is 10.5. The third-order valence-electron chi connectivity index (χ3n) is 4.64. The highest BCUT2D eigenvalue weighted by atomic mass is 79.9. The second-order valence-corrected chi connectivity index (χ2v) is 7.82. The predicted molar refractivity (Wildman–Crippen MR) is 126 cm³/mol. The summed E-state index contributed by atoms with van der Waals surface area (Å²) in [7, 11) is 0. The topological polar surface area (TPSA) is 64.0 Å². The van der Waals surface area contributed by atoms with Crippen LogP contribution in [0.15, 0.2) is 88.4 Å². The van der Waals surface area contributed by atoms with Crippen LogP contribution in [0.2, 0.25) is 0 Å². The fourth-order valence-corrected chi connectivity index (χ4v) is 3.44. The number of rotatable bonds is 4. The summed E-state index contributed by atoms with van der Waals surface area (Å²) in [5, 5.41) is 3.38. The number of fused-ring (bicyclic) bond motifs is 1. The summed E-state index contributed by atoms with van der Waals surface area (Å²) in [5.74, 6) is 6.02. The smallest absolute Gasteiger partial charge is 0.261 e. The summed E-state index contributed by atoms with van der Waals surface area (Å²) in [6.07, 6.45) is 1.63. The van der Waals surface area contributed by atoms with Crippen LogP contribution in [0, 0.1) is 11.8 Å². The van der Waals surface area contributed by atoms with E-state index in [1.807, 2.05) is 60.7 Å². The molecular formula is C25H18BrN3O2. The number of nitrogens with zero attached hydrogens (tertiary/aromatic N) is 2. The van der Waals surface area contributed by atoms with E-state index in [-0.39, 0.29) is 24.4 Å². The normalized spacial score (nSPS) is 10.4. The molecule has 4 aromatic rings. The molecule has 31 heavy (non-hydrogen) atoms. The molecule has 0 unspecified atom stereocenters. The van der Waals surface area contributed by atoms with Crippen molar-refractivity contribution in [2.24, 2.45) is 0 Å². The Balaban J connectivity index is 1.42. The maximum Gasteiger partial charge on any atom is 0.261 e. The van der Waals surface area contributed by atoms with Gasteiger partial charge in [-0.05, 0) is 48.5 Å². The number of nitrogens with one attached hydrogen (secondary N) is 1. The van der Waals surface area contributed by atoms with E-state index in [1.54, 1.807) is 12.1 Å². The van der Waals surface area contributed by atoms with Gasteiger partial charge in [0.1, 0.15) is 0 Å². The third kappa shape index (κ3) is 5.27. The van der Waals surface area contributed by atoms with Gasteiger partial charge in [0.25, 0.3) is 5.56 Å². The maximum absolute atomic E-state index is 12.6. The van der Waals surface area contributed by atoms with Crippen LogP contribution in [-0.4, -0.2) is 15.5 Å². The first-order chi connectivity index (χ1) is 15.1. The van der Waals surface area contributed by atoms with Gasteiger partial charge in [-0.15, -0.1) is 0 Å². The van der Waals surface area contributed by atoms with Crippen molar-refractivity contribution in [1.29, 1.82) is 0 Å². The lowest BCUT2D eigenvalue weighted by Gasteiger charge is -2.08. The quantitative estimate of drug-likeness (QED) is 0.442. The highest BCUT2D eigenvalue weighted by Gasteiger charge is 2.08. The van der Waals surface area contributed by atoms with Crippen LogP contribution >= 0.6 is 15.9 Å². The predicted octanol–water partition coefficient (Wildman–Crippen LogP) is 4.59. The lowest BCUT2D eigenvalue weighted by molar-refractivity contribution is -0.116. The van der Waals surface area contributed by atoms with Gasteiger partial charge in [-0.25, -0.2) is 4.98 Å². The largest absolute Gasteiger partial charge is 0.326 e. The average Bonchev–Trinajstić information content (AvgIpc) is 2.78. The van der Waals surface area contributed by atoms with Gasteiger partial charge >= 0.3 is 0 Å². The Morgan fingerprint density at radius 3 is 2.58 bits per heavy atom. The molecular weight excluding hydrogens is 454 g/mol. The van der Waals surface area contributed by atoms with Gasteiger partial charge in [-0.2, -0.15) is 0 Å². The molecule has 0 aliphatic heterocycles. The summed E-state index contributed by atoms with van der Waals surface area (Å²) in [6.45, 7) is 0.244. The molecule has 5 nitrogen and oxygen atoms in total. The zero-order valence-electron chi connectivity index (χ0n) is 16.5. The van der Waals surface area contributed by atoms with Gasteiger partial charge in [-0.1, -0.05) is 52.0 Å². The summed E-state index contributed by atoms with van der Waals surface area (Å²) < 4.78 is 2.26. The molecule has 0 fully saturated rings. The van der Waals surface area contributed by atoms with Crippen LogP contribution < -0.4 is 10.9 Å². The minimum Gasteiger partial charge on any atom is -0.326 e. The van der Waals surface area contributed by atoms with E-state index in [0.717, 1.165) is 15.6 Å². The van der Waals surface area contributed by atoms with E-state index in [0.29, 0.717) is 16.6 Å². The minimum atomic E-state index is -0.186. The number of aromatic nitrogens is 2. The average molecular weight is 472 g/mol. The molecule has 0 atom stereocenters. The molecule has 3 aromatic carbocycles. The second-order valence-electron chi connectivity index (χ2n) is 6.90. The number of hydrogen-bond acceptors (Lipinski definition) is 3. The molecule has 0 radical (unpaired) electrons. The van der Waals surface area contributed by atoms with Crippen molar-refractivity contribution in [3.8, 4) is 11.8 Å². The summed E-state index contributed by atoms with van der Waals surface area (Å²) in [6, 6.07) is 22.5. The van der Waals surface area contributed by atoms with E-state index in [2.05, 4.69) is 38.1 Å². The highest BCUT2D eigenvalue weighted by molar-refractivity contribution is 9.10. The van der Waals surface area contributed by atoms with Crippen molar-refractivity contribution >= 4 is 38.4 Å². The fraction of sp³-hybridized carbons (Fsp3) is 0.0800. The molecule has 1 N–H and O–H groups in total. The third-order valence-corrected chi connectivity index (χ3v) is 5.13.